The molecule has 1 fully saturated rings. The summed E-state index contributed by atoms with van der Waals surface area (Å²) in [4.78, 5) is 32.7. The van der Waals surface area contributed by atoms with Gasteiger partial charge in [-0.05, 0) is 19.8 Å². The fourth-order valence-electron chi connectivity index (χ4n) is 3.87. The summed E-state index contributed by atoms with van der Waals surface area (Å²) in [5, 5.41) is 12.9. The summed E-state index contributed by atoms with van der Waals surface area (Å²) < 4.78 is 17.2. The molecule has 2 amide bonds. The number of anilines is 1. The van der Waals surface area contributed by atoms with Crippen molar-refractivity contribution in [1.29, 1.82) is 0 Å². The molecule has 3 N–H and O–H groups in total. The van der Waals surface area contributed by atoms with Crippen molar-refractivity contribution in [2.24, 2.45) is 5.92 Å². The highest BCUT2D eigenvalue weighted by atomic mass is 35.5. The first-order chi connectivity index (χ1) is 15.9. The van der Waals surface area contributed by atoms with Gasteiger partial charge in [-0.15, -0.1) is 0 Å². The fourth-order valence-corrected chi connectivity index (χ4v) is 4.17. The molecule has 1 saturated carbocycles. The first-order valence-corrected chi connectivity index (χ1v) is 11.0. The van der Waals surface area contributed by atoms with Crippen LogP contribution in [0.3, 0.4) is 0 Å². The van der Waals surface area contributed by atoms with Gasteiger partial charge < -0.3 is 15.0 Å². The molecule has 4 aromatic rings. The van der Waals surface area contributed by atoms with E-state index < -0.39 is 11.9 Å². The second kappa shape index (κ2) is 8.11. The first-order valence-electron chi connectivity index (χ1n) is 10.7. The van der Waals surface area contributed by atoms with Crippen molar-refractivity contribution in [3.05, 3.63) is 41.2 Å². The molecule has 9 nitrogen and oxygen atoms in total. The maximum Gasteiger partial charge on any atom is 0.228 e. The molecule has 1 aliphatic carbocycles. The predicted octanol–water partition coefficient (Wildman–Crippen LogP) is 4.00. The number of aromatic amines is 1. The van der Waals surface area contributed by atoms with Gasteiger partial charge in [0.05, 0.1) is 40.9 Å². The molecule has 0 radical (unpaired) electrons. The predicted molar refractivity (Wildman–Crippen MR) is 121 cm³/mol. The maximum absolute atomic E-state index is 15.5. The summed E-state index contributed by atoms with van der Waals surface area (Å²) in [6.45, 7) is 3.41. The molecular weight excluding hydrogens is 449 g/mol. The van der Waals surface area contributed by atoms with E-state index in [-0.39, 0.29) is 34.7 Å². The van der Waals surface area contributed by atoms with Crippen LogP contribution in [0.1, 0.15) is 44.7 Å². The molecule has 1 unspecified atom stereocenters. The van der Waals surface area contributed by atoms with Crippen LogP contribution in [-0.2, 0) is 9.59 Å². The van der Waals surface area contributed by atoms with E-state index in [9.17, 15) is 9.59 Å². The highest BCUT2D eigenvalue weighted by Gasteiger charge is 2.30. The van der Waals surface area contributed by atoms with Crippen molar-refractivity contribution < 1.29 is 14.0 Å². The van der Waals surface area contributed by atoms with Gasteiger partial charge in [0, 0.05) is 35.0 Å². The van der Waals surface area contributed by atoms with Gasteiger partial charge in [0.15, 0.2) is 11.5 Å². The molecule has 1 atom stereocenters. The number of nitrogens with one attached hydrogen (secondary N) is 3. The quantitative estimate of drug-likeness (QED) is 0.394. The maximum atomic E-state index is 15.5. The number of carbonyl (C=O) groups excluding carboxylic acids is 2. The van der Waals surface area contributed by atoms with Gasteiger partial charge in [0.25, 0.3) is 0 Å². The van der Waals surface area contributed by atoms with Crippen LogP contribution in [0.2, 0.25) is 5.02 Å². The largest absolute Gasteiger partial charge is 0.349 e. The number of benzene rings is 1. The van der Waals surface area contributed by atoms with Crippen LogP contribution < -0.4 is 10.6 Å². The standard InChI is InChI=1S/C22H21ClFN7O2/c1-3-16(32)27-10(2)17-20(24)19(23)18(12-6-26-30-21(12)17)13-8-31-9-14(28-15(31)7-25-13)29-22(33)11-4-5-11/h6-11H,3-5H2,1-2H3,(H,26,30)(H,27,32)(H,29,33). The Morgan fingerprint density at radius 2 is 2.12 bits per heavy atom. The van der Waals surface area contributed by atoms with Gasteiger partial charge in [-0.25, -0.2) is 9.37 Å². The second-order valence-corrected chi connectivity index (χ2v) is 8.52. The zero-order valence-electron chi connectivity index (χ0n) is 17.9. The third-order valence-corrected chi connectivity index (χ3v) is 6.11. The van der Waals surface area contributed by atoms with Gasteiger partial charge in [-0.2, -0.15) is 5.10 Å². The lowest BCUT2D eigenvalue weighted by molar-refractivity contribution is -0.121. The molecule has 0 spiro atoms. The SMILES string of the molecule is CCC(=O)NC(C)c1c(F)c(Cl)c(-c2cn3cc(NC(=O)C4CC4)nc3cn2)c2cn[nH]c12. The Bertz CT molecular complexity index is 1410. The number of halogens is 2. The van der Waals surface area contributed by atoms with Gasteiger partial charge in [-0.3, -0.25) is 19.7 Å². The number of fused-ring (bicyclic) bond motifs is 2. The number of hydrogen-bond donors (Lipinski definition) is 3. The average molecular weight is 470 g/mol. The Labute approximate surface area is 192 Å². The van der Waals surface area contributed by atoms with Gasteiger partial charge >= 0.3 is 0 Å². The number of amides is 2. The van der Waals surface area contributed by atoms with Crippen molar-refractivity contribution in [1.82, 2.24) is 29.9 Å². The van der Waals surface area contributed by atoms with Crippen molar-refractivity contribution in [3.63, 3.8) is 0 Å². The molecule has 0 saturated heterocycles. The number of nitrogens with zero attached hydrogens (tertiary/aromatic N) is 4. The van der Waals surface area contributed by atoms with E-state index in [1.165, 1.54) is 6.20 Å². The van der Waals surface area contributed by atoms with Gasteiger partial charge in [-0.1, -0.05) is 18.5 Å². The van der Waals surface area contributed by atoms with Gasteiger partial charge in [0.2, 0.25) is 11.8 Å². The van der Waals surface area contributed by atoms with Crippen LogP contribution in [-0.4, -0.2) is 36.4 Å². The minimum atomic E-state index is -0.655. The lowest BCUT2D eigenvalue weighted by atomic mass is 9.98. The van der Waals surface area contributed by atoms with Crippen molar-refractivity contribution >= 4 is 45.8 Å². The van der Waals surface area contributed by atoms with E-state index in [1.807, 2.05) is 0 Å². The number of imidazole rings is 1. The molecule has 3 heterocycles. The number of H-pyrrole nitrogens is 1. The van der Waals surface area contributed by atoms with Gasteiger partial charge in [0.1, 0.15) is 5.82 Å². The summed E-state index contributed by atoms with van der Waals surface area (Å²) in [5.74, 6) is -0.421. The van der Waals surface area contributed by atoms with E-state index in [0.29, 0.717) is 33.6 Å². The average Bonchev–Trinajstić information content (AvgIpc) is 3.42. The zero-order valence-corrected chi connectivity index (χ0v) is 18.7. The molecular formula is C22H21ClFN7O2. The van der Waals surface area contributed by atoms with E-state index >= 15 is 4.39 Å². The molecule has 170 valence electrons. The Balaban J connectivity index is 1.57. The molecule has 0 aliphatic heterocycles. The number of carbonyl (C=O) groups is 2. The summed E-state index contributed by atoms with van der Waals surface area (Å²) >= 11 is 6.50. The third kappa shape index (κ3) is 3.80. The lowest BCUT2D eigenvalue weighted by Gasteiger charge is -2.18. The van der Waals surface area contributed by atoms with Crippen LogP contribution in [0.4, 0.5) is 10.2 Å². The summed E-state index contributed by atoms with van der Waals surface area (Å²) in [6, 6.07) is -0.617. The molecule has 1 aliphatic rings. The molecule has 5 rings (SSSR count). The Hall–Kier alpha value is -3.53. The topological polar surface area (TPSA) is 117 Å². The third-order valence-electron chi connectivity index (χ3n) is 5.76. The van der Waals surface area contributed by atoms with Crippen LogP contribution in [0.5, 0.6) is 0 Å². The Morgan fingerprint density at radius 1 is 1.33 bits per heavy atom. The summed E-state index contributed by atoms with van der Waals surface area (Å²) in [5.41, 5.74) is 1.96. The Kier molecular flexibility index (Phi) is 5.24. The van der Waals surface area contributed by atoms with Crippen LogP contribution >= 0.6 is 11.6 Å². The monoisotopic (exact) mass is 469 g/mol. The minimum Gasteiger partial charge on any atom is -0.349 e. The van der Waals surface area contributed by atoms with Crippen molar-refractivity contribution in [2.75, 3.05) is 5.32 Å². The fraction of sp³-hybridized carbons (Fsp3) is 0.318. The van der Waals surface area contributed by atoms with Crippen molar-refractivity contribution in [3.8, 4) is 11.3 Å². The van der Waals surface area contributed by atoms with Crippen LogP contribution in [0.15, 0.2) is 24.8 Å². The number of aromatic nitrogens is 5. The van der Waals surface area contributed by atoms with E-state index in [1.54, 1.807) is 36.8 Å². The normalized spacial score (nSPS) is 14.5. The Morgan fingerprint density at radius 3 is 2.85 bits per heavy atom. The second-order valence-electron chi connectivity index (χ2n) is 8.15. The number of hydrogen-bond acceptors (Lipinski definition) is 5. The van der Waals surface area contributed by atoms with E-state index in [0.717, 1.165) is 12.8 Å². The lowest BCUT2D eigenvalue weighted by Crippen LogP contribution is -2.26. The molecule has 33 heavy (non-hydrogen) atoms. The number of rotatable bonds is 6. The molecule has 0 bridgehead atoms. The van der Waals surface area contributed by atoms with Crippen molar-refractivity contribution in [2.45, 2.75) is 39.2 Å². The summed E-state index contributed by atoms with van der Waals surface area (Å²) in [7, 11) is 0. The zero-order chi connectivity index (χ0) is 23.3. The smallest absolute Gasteiger partial charge is 0.228 e. The van der Waals surface area contributed by atoms with E-state index in [2.05, 4.69) is 30.8 Å². The molecule has 1 aromatic carbocycles. The molecule has 3 aromatic heterocycles. The highest BCUT2D eigenvalue weighted by molar-refractivity contribution is 6.35. The van der Waals surface area contributed by atoms with Crippen LogP contribution in [0.25, 0.3) is 27.8 Å². The van der Waals surface area contributed by atoms with Crippen LogP contribution in [0, 0.1) is 11.7 Å². The highest BCUT2D eigenvalue weighted by Crippen LogP contribution is 2.40. The first kappa shape index (κ1) is 21.3. The van der Waals surface area contributed by atoms with E-state index in [4.69, 9.17) is 11.6 Å². The summed E-state index contributed by atoms with van der Waals surface area (Å²) in [6.07, 6.45) is 8.49. The minimum absolute atomic E-state index is 0.0447. The molecule has 11 heteroatoms.